The molecule has 9 heteroatoms. The summed E-state index contributed by atoms with van der Waals surface area (Å²) in [5.74, 6) is -0.277. The Bertz CT molecular complexity index is 870. The number of hydrazine groups is 1. The van der Waals surface area contributed by atoms with Crippen LogP contribution >= 0.6 is 11.6 Å². The maximum Gasteiger partial charge on any atom is 0.417 e. The zero-order valence-electron chi connectivity index (χ0n) is 15.7. The van der Waals surface area contributed by atoms with Crippen molar-refractivity contribution in [2.24, 2.45) is 0 Å². The molecule has 0 aromatic heterocycles. The highest BCUT2D eigenvalue weighted by atomic mass is 35.5. The van der Waals surface area contributed by atoms with E-state index in [0.717, 1.165) is 19.0 Å². The smallest absolute Gasteiger partial charge is 0.417 e. The molecule has 1 atom stereocenters. The fraction of sp³-hybridized carbons (Fsp3) is 0.350. The first-order valence-electron chi connectivity index (χ1n) is 9.07. The number of hydrogen-bond donors (Lipinski definition) is 2. The van der Waals surface area contributed by atoms with E-state index in [1.54, 1.807) is 18.2 Å². The van der Waals surface area contributed by atoms with Gasteiger partial charge in [-0.25, -0.2) is 5.43 Å². The van der Waals surface area contributed by atoms with Crippen molar-refractivity contribution in [1.29, 1.82) is 0 Å². The van der Waals surface area contributed by atoms with Crippen molar-refractivity contribution in [2.45, 2.75) is 25.2 Å². The highest BCUT2D eigenvalue weighted by Gasteiger charge is 2.36. The van der Waals surface area contributed by atoms with Gasteiger partial charge >= 0.3 is 6.18 Å². The third-order valence-corrected chi connectivity index (χ3v) is 4.96. The summed E-state index contributed by atoms with van der Waals surface area (Å²) in [5, 5.41) is 4.74. The van der Waals surface area contributed by atoms with E-state index in [9.17, 15) is 18.0 Å². The van der Waals surface area contributed by atoms with Crippen molar-refractivity contribution in [2.75, 3.05) is 20.2 Å². The molecular weight excluding hydrogens is 407 g/mol. The molecule has 1 saturated heterocycles. The molecule has 1 aliphatic heterocycles. The molecule has 0 aliphatic carbocycles. The van der Waals surface area contributed by atoms with E-state index in [4.69, 9.17) is 16.3 Å². The van der Waals surface area contributed by atoms with Crippen molar-refractivity contribution < 1.29 is 22.7 Å². The molecule has 3 rings (SSSR count). The third-order valence-electron chi connectivity index (χ3n) is 4.66. The van der Waals surface area contributed by atoms with Crippen molar-refractivity contribution in [1.82, 2.24) is 15.8 Å². The molecule has 5 nitrogen and oxygen atoms in total. The van der Waals surface area contributed by atoms with Gasteiger partial charge in [0.1, 0.15) is 5.75 Å². The summed E-state index contributed by atoms with van der Waals surface area (Å²) in [5.41, 5.74) is 2.36. The number of carbonyl (C=O) groups excluding carboxylic acids is 1. The third kappa shape index (κ3) is 5.20. The Morgan fingerprint density at radius 3 is 2.69 bits per heavy atom. The topological polar surface area (TPSA) is 53.6 Å². The van der Waals surface area contributed by atoms with Gasteiger partial charge in [0.15, 0.2) is 0 Å². The van der Waals surface area contributed by atoms with Crippen molar-refractivity contribution >= 4 is 17.5 Å². The number of ether oxygens (including phenoxy) is 1. The second-order valence-corrected chi connectivity index (χ2v) is 7.13. The molecule has 1 unspecified atom stereocenters. The number of rotatable bonds is 6. The number of halogens is 4. The van der Waals surface area contributed by atoms with Gasteiger partial charge < -0.3 is 10.1 Å². The Kier molecular flexibility index (Phi) is 6.66. The van der Waals surface area contributed by atoms with E-state index < -0.39 is 23.2 Å². The number of methoxy groups -OCH3 is 1. The Morgan fingerprint density at radius 2 is 2.07 bits per heavy atom. The van der Waals surface area contributed by atoms with Crippen LogP contribution in [0.5, 0.6) is 5.75 Å². The van der Waals surface area contributed by atoms with Crippen LogP contribution in [0.15, 0.2) is 42.5 Å². The van der Waals surface area contributed by atoms with Crippen LogP contribution < -0.4 is 15.5 Å². The lowest BCUT2D eigenvalue weighted by Gasteiger charge is -2.28. The molecular formula is C20H21ClF3N3O2. The zero-order chi connectivity index (χ0) is 21.0. The van der Waals surface area contributed by atoms with E-state index in [1.165, 1.54) is 30.3 Å². The summed E-state index contributed by atoms with van der Waals surface area (Å²) >= 11 is 6.16. The molecule has 0 spiro atoms. The lowest BCUT2D eigenvalue weighted by Crippen LogP contribution is -2.48. The minimum absolute atomic E-state index is 0.0469. The van der Waals surface area contributed by atoms with Crippen LogP contribution in [0.3, 0.4) is 0 Å². The van der Waals surface area contributed by atoms with Gasteiger partial charge in [-0.2, -0.15) is 13.2 Å². The first-order chi connectivity index (χ1) is 13.8. The molecule has 1 amide bonds. The minimum Gasteiger partial charge on any atom is -0.495 e. The Hall–Kier alpha value is -2.29. The Balaban J connectivity index is 1.91. The van der Waals surface area contributed by atoms with E-state index in [0.29, 0.717) is 22.9 Å². The fourth-order valence-corrected chi connectivity index (χ4v) is 3.49. The maximum absolute atomic E-state index is 13.4. The number of nitrogens with one attached hydrogen (secondary N) is 2. The molecule has 2 aromatic rings. The van der Waals surface area contributed by atoms with E-state index in [-0.39, 0.29) is 12.6 Å². The minimum atomic E-state index is -4.63. The molecule has 2 N–H and O–H groups in total. The number of carbonyl (C=O) groups is 1. The molecule has 1 fully saturated rings. The van der Waals surface area contributed by atoms with Crippen LogP contribution in [0.2, 0.25) is 5.02 Å². The summed E-state index contributed by atoms with van der Waals surface area (Å²) in [7, 11) is 1.49. The monoisotopic (exact) mass is 427 g/mol. The number of alkyl halides is 3. The van der Waals surface area contributed by atoms with Crippen molar-refractivity contribution in [3.63, 3.8) is 0 Å². The highest BCUT2D eigenvalue weighted by molar-refractivity contribution is 6.32. The molecule has 0 radical (unpaired) electrons. The second-order valence-electron chi connectivity index (χ2n) is 6.72. The van der Waals surface area contributed by atoms with Crippen LogP contribution in [0.25, 0.3) is 0 Å². The summed E-state index contributed by atoms with van der Waals surface area (Å²) in [6, 6.07) is 9.72. The summed E-state index contributed by atoms with van der Waals surface area (Å²) in [6.45, 7) is 1.44. The van der Waals surface area contributed by atoms with Crippen LogP contribution in [-0.2, 0) is 12.7 Å². The summed E-state index contributed by atoms with van der Waals surface area (Å²) in [6.07, 6.45) is -3.87. The lowest BCUT2D eigenvalue weighted by atomic mass is 10.1. The highest BCUT2D eigenvalue weighted by Crippen LogP contribution is 2.32. The largest absolute Gasteiger partial charge is 0.495 e. The average Bonchev–Trinajstić information content (AvgIpc) is 3.19. The fourth-order valence-electron chi connectivity index (χ4n) is 3.21. The van der Waals surface area contributed by atoms with Crippen molar-refractivity contribution in [3.05, 3.63) is 64.2 Å². The predicted molar refractivity (Wildman–Crippen MR) is 104 cm³/mol. The normalized spacial score (nSPS) is 16.7. The van der Waals surface area contributed by atoms with Gasteiger partial charge in [0, 0.05) is 12.6 Å². The lowest BCUT2D eigenvalue weighted by molar-refractivity contribution is -0.138. The van der Waals surface area contributed by atoms with Gasteiger partial charge in [-0.3, -0.25) is 9.80 Å². The quantitative estimate of drug-likeness (QED) is 0.687. The summed E-state index contributed by atoms with van der Waals surface area (Å²) in [4.78, 5) is 13.1. The zero-order valence-corrected chi connectivity index (χ0v) is 16.5. The van der Waals surface area contributed by atoms with Crippen LogP contribution in [0.4, 0.5) is 13.2 Å². The number of nitrogens with zero attached hydrogens (tertiary/aromatic N) is 1. The SMILES string of the molecule is COc1ccc(CN(NC2CCNC2)C(=O)c2ccccc2C(F)(F)F)cc1Cl. The van der Waals surface area contributed by atoms with E-state index in [1.807, 2.05) is 0 Å². The van der Waals surface area contributed by atoms with E-state index >= 15 is 0 Å². The van der Waals surface area contributed by atoms with Gasteiger partial charge in [0.2, 0.25) is 0 Å². The van der Waals surface area contributed by atoms with E-state index in [2.05, 4.69) is 10.7 Å². The molecule has 156 valence electrons. The molecule has 29 heavy (non-hydrogen) atoms. The second kappa shape index (κ2) is 9.02. The van der Waals surface area contributed by atoms with Gasteiger partial charge in [-0.05, 0) is 42.8 Å². The van der Waals surface area contributed by atoms with Crippen LogP contribution in [-0.4, -0.2) is 37.2 Å². The van der Waals surface area contributed by atoms with Crippen LogP contribution in [0.1, 0.15) is 27.9 Å². The molecule has 0 saturated carbocycles. The molecule has 1 heterocycles. The van der Waals surface area contributed by atoms with Gasteiger partial charge in [0.05, 0.1) is 29.8 Å². The molecule has 0 bridgehead atoms. The summed E-state index contributed by atoms with van der Waals surface area (Å²) < 4.78 is 45.3. The first kappa shape index (κ1) is 21.4. The standard InChI is InChI=1S/C20H21ClF3N3O2/c1-29-18-7-6-13(10-17(18)21)12-27(26-14-8-9-25-11-14)19(28)15-4-2-3-5-16(15)20(22,23)24/h2-7,10,14,25-26H,8-9,11-12H2,1H3. The maximum atomic E-state index is 13.4. The Morgan fingerprint density at radius 1 is 1.31 bits per heavy atom. The van der Waals surface area contributed by atoms with Crippen molar-refractivity contribution in [3.8, 4) is 5.75 Å². The molecule has 2 aromatic carbocycles. The van der Waals surface area contributed by atoms with Crippen LogP contribution in [0, 0.1) is 0 Å². The van der Waals surface area contributed by atoms with Gasteiger partial charge in [-0.15, -0.1) is 0 Å². The first-order valence-corrected chi connectivity index (χ1v) is 9.45. The average molecular weight is 428 g/mol. The number of amides is 1. The molecule has 1 aliphatic rings. The Labute approximate surface area is 171 Å². The predicted octanol–water partition coefficient (Wildman–Crippen LogP) is 3.88. The van der Waals surface area contributed by atoms with Gasteiger partial charge in [0.25, 0.3) is 5.91 Å². The number of hydrogen-bond acceptors (Lipinski definition) is 4. The van der Waals surface area contributed by atoms with Gasteiger partial charge in [-0.1, -0.05) is 29.8 Å². The number of benzene rings is 2.